The van der Waals surface area contributed by atoms with Gasteiger partial charge in [0.1, 0.15) is 11.5 Å². The quantitative estimate of drug-likeness (QED) is 0.868. The molecule has 0 saturated carbocycles. The highest BCUT2D eigenvalue weighted by molar-refractivity contribution is 5.67. The molecule has 2 aromatic rings. The molecular weight excluding hydrogens is 254 g/mol. The van der Waals surface area contributed by atoms with Crippen molar-refractivity contribution in [2.45, 2.75) is 26.3 Å². The average molecular weight is 273 g/mol. The van der Waals surface area contributed by atoms with Gasteiger partial charge in [-0.2, -0.15) is 4.98 Å². The van der Waals surface area contributed by atoms with Crippen molar-refractivity contribution in [3.63, 3.8) is 0 Å². The second-order valence-corrected chi connectivity index (χ2v) is 4.68. The molecule has 2 heterocycles. The van der Waals surface area contributed by atoms with Crippen LogP contribution in [0.4, 0.5) is 11.5 Å². The van der Waals surface area contributed by atoms with E-state index < -0.39 is 0 Å². The highest BCUT2D eigenvalue weighted by Gasteiger charge is 2.14. The zero-order chi connectivity index (χ0) is 14.5. The molecule has 0 aliphatic heterocycles. The van der Waals surface area contributed by atoms with Crippen molar-refractivity contribution in [2.75, 3.05) is 18.2 Å². The number of aromatic nitrogens is 3. The summed E-state index contributed by atoms with van der Waals surface area (Å²) < 4.78 is 5.20. The number of rotatable bonds is 5. The van der Waals surface area contributed by atoms with E-state index in [4.69, 9.17) is 10.5 Å². The summed E-state index contributed by atoms with van der Waals surface area (Å²) in [5, 5.41) is 3.18. The summed E-state index contributed by atoms with van der Waals surface area (Å²) in [5.74, 6) is 1.86. The van der Waals surface area contributed by atoms with Crippen LogP contribution < -0.4 is 15.8 Å². The molecule has 0 fully saturated rings. The van der Waals surface area contributed by atoms with E-state index in [1.807, 2.05) is 32.0 Å². The van der Waals surface area contributed by atoms with Crippen LogP contribution >= 0.6 is 0 Å². The summed E-state index contributed by atoms with van der Waals surface area (Å²) in [6, 6.07) is 5.75. The van der Waals surface area contributed by atoms with Crippen molar-refractivity contribution in [2.24, 2.45) is 0 Å². The summed E-state index contributed by atoms with van der Waals surface area (Å²) in [5.41, 5.74) is 7.32. The third-order valence-corrected chi connectivity index (χ3v) is 2.80. The van der Waals surface area contributed by atoms with E-state index in [2.05, 4.69) is 20.3 Å². The molecule has 6 heteroatoms. The van der Waals surface area contributed by atoms with E-state index in [1.54, 1.807) is 13.3 Å². The molecule has 106 valence electrons. The fourth-order valence-electron chi connectivity index (χ4n) is 1.69. The van der Waals surface area contributed by atoms with Crippen molar-refractivity contribution in [1.82, 2.24) is 15.0 Å². The number of anilines is 2. The van der Waals surface area contributed by atoms with Crippen molar-refractivity contribution >= 4 is 11.5 Å². The molecule has 0 bridgehead atoms. The minimum atomic E-state index is 0.194. The van der Waals surface area contributed by atoms with Gasteiger partial charge < -0.3 is 15.8 Å². The van der Waals surface area contributed by atoms with Gasteiger partial charge in [-0.3, -0.25) is 4.98 Å². The average Bonchev–Trinajstić information content (AvgIpc) is 2.47. The Balaban J connectivity index is 2.24. The van der Waals surface area contributed by atoms with E-state index in [9.17, 15) is 0 Å². The lowest BCUT2D eigenvalue weighted by molar-refractivity contribution is 0.396. The normalized spacial score (nSPS) is 10.6. The first-order valence-corrected chi connectivity index (χ1v) is 6.47. The molecule has 2 rings (SSSR count). The molecule has 0 saturated heterocycles. The first-order valence-electron chi connectivity index (χ1n) is 6.47. The number of hydrogen-bond donors (Lipinski definition) is 2. The van der Waals surface area contributed by atoms with Crippen LogP contribution in [0.25, 0.3) is 0 Å². The molecule has 20 heavy (non-hydrogen) atoms. The lowest BCUT2D eigenvalue weighted by atomic mass is 10.2. The topological polar surface area (TPSA) is 86.0 Å². The Labute approximate surface area is 118 Å². The first kappa shape index (κ1) is 14.0. The van der Waals surface area contributed by atoms with Gasteiger partial charge in [-0.15, -0.1) is 0 Å². The fourth-order valence-corrected chi connectivity index (χ4v) is 1.69. The van der Waals surface area contributed by atoms with Gasteiger partial charge in [0, 0.05) is 12.1 Å². The summed E-state index contributed by atoms with van der Waals surface area (Å²) in [7, 11) is 1.55. The third kappa shape index (κ3) is 3.14. The molecule has 6 nitrogen and oxygen atoms in total. The highest BCUT2D eigenvalue weighted by atomic mass is 16.5. The molecule has 0 spiro atoms. The summed E-state index contributed by atoms with van der Waals surface area (Å²) in [6.07, 6.45) is 1.75. The van der Waals surface area contributed by atoms with Gasteiger partial charge in [-0.1, -0.05) is 19.9 Å². The zero-order valence-corrected chi connectivity index (χ0v) is 11.9. The van der Waals surface area contributed by atoms with Crippen LogP contribution in [0.15, 0.2) is 24.4 Å². The van der Waals surface area contributed by atoms with Gasteiger partial charge in [-0.25, -0.2) is 4.98 Å². The fraction of sp³-hybridized carbons (Fsp3) is 0.357. The molecule has 0 amide bonds. The maximum atomic E-state index is 5.99. The number of nitrogens with one attached hydrogen (secondary N) is 1. The Morgan fingerprint density at radius 3 is 2.70 bits per heavy atom. The molecule has 2 aromatic heterocycles. The standard InChI is InChI=1S/C14H19N5O/c1-9(2)12-18-13(11(15)14(19-12)20-3)17-8-10-6-4-5-7-16-10/h4-7,9H,8,15H2,1-3H3,(H,17,18,19). The number of hydrogen-bond acceptors (Lipinski definition) is 6. The van der Waals surface area contributed by atoms with Crippen LogP contribution in [0.5, 0.6) is 5.88 Å². The SMILES string of the molecule is COc1nc(C(C)C)nc(NCc2ccccn2)c1N. The van der Waals surface area contributed by atoms with Crippen LogP contribution in [0.2, 0.25) is 0 Å². The molecule has 0 radical (unpaired) electrons. The van der Waals surface area contributed by atoms with E-state index in [0.717, 1.165) is 5.69 Å². The van der Waals surface area contributed by atoms with Crippen LogP contribution in [0, 0.1) is 0 Å². The van der Waals surface area contributed by atoms with Crippen molar-refractivity contribution in [3.05, 3.63) is 35.9 Å². The van der Waals surface area contributed by atoms with Crippen molar-refractivity contribution in [3.8, 4) is 5.88 Å². The van der Waals surface area contributed by atoms with Crippen LogP contribution in [-0.4, -0.2) is 22.1 Å². The number of nitrogens with two attached hydrogens (primary N) is 1. The predicted molar refractivity (Wildman–Crippen MR) is 78.6 cm³/mol. The van der Waals surface area contributed by atoms with Crippen LogP contribution in [-0.2, 0) is 6.54 Å². The van der Waals surface area contributed by atoms with Gasteiger partial charge in [-0.05, 0) is 12.1 Å². The second kappa shape index (κ2) is 6.18. The maximum absolute atomic E-state index is 5.99. The Kier molecular flexibility index (Phi) is 4.34. The number of ether oxygens (including phenoxy) is 1. The molecule has 3 N–H and O–H groups in total. The molecule has 0 atom stereocenters. The van der Waals surface area contributed by atoms with E-state index >= 15 is 0 Å². The van der Waals surface area contributed by atoms with Gasteiger partial charge in [0.25, 0.3) is 0 Å². The van der Waals surface area contributed by atoms with Crippen molar-refractivity contribution < 1.29 is 4.74 Å². The van der Waals surface area contributed by atoms with Crippen LogP contribution in [0.3, 0.4) is 0 Å². The molecule has 0 aliphatic carbocycles. The van der Waals surface area contributed by atoms with Gasteiger partial charge in [0.2, 0.25) is 5.88 Å². The Morgan fingerprint density at radius 1 is 1.30 bits per heavy atom. The van der Waals surface area contributed by atoms with E-state index in [-0.39, 0.29) is 5.92 Å². The van der Waals surface area contributed by atoms with Gasteiger partial charge in [0.05, 0.1) is 19.3 Å². The summed E-state index contributed by atoms with van der Waals surface area (Å²) in [6.45, 7) is 4.59. The summed E-state index contributed by atoms with van der Waals surface area (Å²) in [4.78, 5) is 13.0. The highest BCUT2D eigenvalue weighted by Crippen LogP contribution is 2.28. The van der Waals surface area contributed by atoms with Crippen LogP contribution in [0.1, 0.15) is 31.3 Å². The lowest BCUT2D eigenvalue weighted by Crippen LogP contribution is -2.11. The molecule has 0 aliphatic rings. The zero-order valence-electron chi connectivity index (χ0n) is 11.9. The number of pyridine rings is 1. The monoisotopic (exact) mass is 273 g/mol. The lowest BCUT2D eigenvalue weighted by Gasteiger charge is -2.14. The molecule has 0 unspecified atom stereocenters. The van der Waals surface area contributed by atoms with Gasteiger partial charge >= 0.3 is 0 Å². The Hall–Kier alpha value is -2.37. The van der Waals surface area contributed by atoms with Gasteiger partial charge in [0.15, 0.2) is 5.82 Å². The Bertz CT molecular complexity index is 571. The summed E-state index contributed by atoms with van der Waals surface area (Å²) >= 11 is 0. The molecule has 0 aromatic carbocycles. The number of nitrogens with zero attached hydrogens (tertiary/aromatic N) is 3. The number of methoxy groups -OCH3 is 1. The maximum Gasteiger partial charge on any atom is 0.242 e. The van der Waals surface area contributed by atoms with E-state index in [1.165, 1.54) is 0 Å². The predicted octanol–water partition coefficient (Wildman–Crippen LogP) is 2.20. The third-order valence-electron chi connectivity index (χ3n) is 2.80. The second-order valence-electron chi connectivity index (χ2n) is 4.68. The number of nitrogen functional groups attached to an aromatic ring is 1. The first-order chi connectivity index (χ1) is 9.61. The minimum Gasteiger partial charge on any atom is -0.479 e. The minimum absolute atomic E-state index is 0.194. The largest absolute Gasteiger partial charge is 0.479 e. The Morgan fingerprint density at radius 2 is 2.10 bits per heavy atom. The van der Waals surface area contributed by atoms with Crippen molar-refractivity contribution in [1.29, 1.82) is 0 Å². The van der Waals surface area contributed by atoms with E-state index in [0.29, 0.717) is 29.8 Å². The smallest absolute Gasteiger partial charge is 0.242 e. The molecular formula is C14H19N5O.